The van der Waals surface area contributed by atoms with E-state index in [1.54, 1.807) is 0 Å². The molecule has 0 saturated heterocycles. The van der Waals surface area contributed by atoms with Gasteiger partial charge in [-0.05, 0) is 42.7 Å². The van der Waals surface area contributed by atoms with E-state index >= 15 is 0 Å². The highest BCUT2D eigenvalue weighted by atomic mass is 35.5. The molecule has 20 heavy (non-hydrogen) atoms. The fourth-order valence-corrected chi connectivity index (χ4v) is 2.90. The molecular weight excluding hydrogens is 272 g/mol. The predicted octanol–water partition coefficient (Wildman–Crippen LogP) is 4.40. The molecule has 0 aliphatic carbocycles. The smallest absolute Gasteiger partial charge is 0.312 e. The van der Waals surface area contributed by atoms with E-state index in [9.17, 15) is 4.79 Å². The number of carbonyl (C=O) groups is 1. The third-order valence-electron chi connectivity index (χ3n) is 3.82. The highest BCUT2D eigenvalue weighted by Gasteiger charge is 2.29. The zero-order chi connectivity index (χ0) is 14.3. The molecule has 102 valence electrons. The predicted molar refractivity (Wildman–Crippen MR) is 79.5 cm³/mol. The summed E-state index contributed by atoms with van der Waals surface area (Å²) < 4.78 is 5.36. The van der Waals surface area contributed by atoms with Gasteiger partial charge in [0.25, 0.3) is 0 Å². The van der Waals surface area contributed by atoms with E-state index in [0.29, 0.717) is 17.2 Å². The number of aryl methyl sites for hydroxylation is 2. The first-order chi connectivity index (χ1) is 9.56. The second kappa shape index (κ2) is 4.95. The number of ether oxygens (including phenoxy) is 1. The SMILES string of the molecule is Cc1cc2c(cc1Cl)[C@H](c1ccccc1C)CC(=O)O2. The molecule has 0 fully saturated rings. The normalized spacial score (nSPS) is 17.6. The molecule has 2 nitrogen and oxygen atoms in total. The topological polar surface area (TPSA) is 26.3 Å². The van der Waals surface area contributed by atoms with E-state index < -0.39 is 0 Å². The van der Waals surface area contributed by atoms with Crippen LogP contribution in [0, 0.1) is 13.8 Å². The van der Waals surface area contributed by atoms with Gasteiger partial charge in [-0.3, -0.25) is 4.79 Å². The quantitative estimate of drug-likeness (QED) is 0.574. The first kappa shape index (κ1) is 13.2. The summed E-state index contributed by atoms with van der Waals surface area (Å²) in [4.78, 5) is 11.9. The van der Waals surface area contributed by atoms with Crippen LogP contribution in [0.25, 0.3) is 0 Å². The zero-order valence-electron chi connectivity index (χ0n) is 11.4. The molecule has 3 rings (SSSR count). The lowest BCUT2D eigenvalue weighted by molar-refractivity contribution is -0.135. The summed E-state index contributed by atoms with van der Waals surface area (Å²) in [5.41, 5.74) is 4.25. The first-order valence-electron chi connectivity index (χ1n) is 6.62. The Morgan fingerprint density at radius 3 is 2.60 bits per heavy atom. The van der Waals surface area contributed by atoms with Crippen molar-refractivity contribution < 1.29 is 9.53 Å². The minimum atomic E-state index is -0.188. The Bertz CT molecular complexity index is 691. The average molecular weight is 287 g/mol. The van der Waals surface area contributed by atoms with Gasteiger partial charge in [-0.15, -0.1) is 0 Å². The first-order valence-corrected chi connectivity index (χ1v) is 7.00. The standard InChI is InChI=1S/C17H15ClO2/c1-10-5-3-4-6-12(10)13-9-17(19)20-16-7-11(2)15(18)8-14(13)16/h3-8,13H,9H2,1-2H3/t13-/m0/s1. The zero-order valence-corrected chi connectivity index (χ0v) is 12.2. The summed E-state index contributed by atoms with van der Waals surface area (Å²) in [6.07, 6.45) is 0.358. The van der Waals surface area contributed by atoms with E-state index in [2.05, 4.69) is 19.1 Å². The Hall–Kier alpha value is -1.80. The van der Waals surface area contributed by atoms with Crippen LogP contribution in [0.1, 0.15) is 34.6 Å². The summed E-state index contributed by atoms with van der Waals surface area (Å²) in [6.45, 7) is 3.97. The minimum absolute atomic E-state index is 0.0190. The third kappa shape index (κ3) is 2.20. The number of hydrogen-bond acceptors (Lipinski definition) is 2. The van der Waals surface area contributed by atoms with E-state index in [1.165, 1.54) is 5.56 Å². The molecular formula is C17H15ClO2. The lowest BCUT2D eigenvalue weighted by Crippen LogP contribution is -2.21. The number of halogens is 1. The highest BCUT2D eigenvalue weighted by molar-refractivity contribution is 6.31. The molecule has 0 N–H and O–H groups in total. The van der Waals surface area contributed by atoms with Gasteiger partial charge >= 0.3 is 5.97 Å². The summed E-state index contributed by atoms with van der Waals surface area (Å²) in [6, 6.07) is 11.9. The van der Waals surface area contributed by atoms with Crippen molar-refractivity contribution in [1.29, 1.82) is 0 Å². The van der Waals surface area contributed by atoms with Crippen molar-refractivity contribution in [3.05, 3.63) is 63.7 Å². The van der Waals surface area contributed by atoms with Gasteiger partial charge in [0, 0.05) is 16.5 Å². The highest BCUT2D eigenvalue weighted by Crippen LogP contribution is 2.41. The maximum absolute atomic E-state index is 11.9. The Balaban J connectivity index is 2.17. The number of benzene rings is 2. The van der Waals surface area contributed by atoms with Gasteiger partial charge in [0.2, 0.25) is 0 Å². The third-order valence-corrected chi connectivity index (χ3v) is 4.23. The molecule has 1 aliphatic rings. The van der Waals surface area contributed by atoms with Crippen LogP contribution in [0.4, 0.5) is 0 Å². The van der Waals surface area contributed by atoms with Crippen molar-refractivity contribution in [2.45, 2.75) is 26.2 Å². The average Bonchev–Trinajstić information content (AvgIpc) is 2.41. The molecule has 0 radical (unpaired) electrons. The maximum Gasteiger partial charge on any atom is 0.312 e. The second-order valence-corrected chi connectivity index (χ2v) is 5.63. The Kier molecular flexibility index (Phi) is 3.27. The molecule has 2 aromatic rings. The summed E-state index contributed by atoms with van der Waals surface area (Å²) >= 11 is 6.23. The van der Waals surface area contributed by atoms with Gasteiger partial charge in [0.05, 0.1) is 6.42 Å². The van der Waals surface area contributed by atoms with Crippen molar-refractivity contribution >= 4 is 17.6 Å². The fraction of sp³-hybridized carbons (Fsp3) is 0.235. The van der Waals surface area contributed by atoms with Crippen molar-refractivity contribution in [3.63, 3.8) is 0 Å². The van der Waals surface area contributed by atoms with Crippen LogP contribution >= 0.6 is 11.6 Å². The van der Waals surface area contributed by atoms with E-state index in [0.717, 1.165) is 16.7 Å². The lowest BCUT2D eigenvalue weighted by atomic mass is 9.84. The lowest BCUT2D eigenvalue weighted by Gasteiger charge is -2.26. The number of hydrogen-bond donors (Lipinski definition) is 0. The molecule has 1 aliphatic heterocycles. The molecule has 0 spiro atoms. The van der Waals surface area contributed by atoms with Crippen LogP contribution in [0.3, 0.4) is 0 Å². The fourth-order valence-electron chi connectivity index (χ4n) is 2.73. The van der Waals surface area contributed by atoms with Gasteiger partial charge in [0.15, 0.2) is 0 Å². The molecule has 0 unspecified atom stereocenters. The molecule has 0 bridgehead atoms. The largest absolute Gasteiger partial charge is 0.426 e. The number of esters is 1. The molecule has 0 amide bonds. The van der Waals surface area contributed by atoms with Gasteiger partial charge in [0.1, 0.15) is 5.75 Å². The number of rotatable bonds is 1. The van der Waals surface area contributed by atoms with Crippen molar-refractivity contribution in [3.8, 4) is 5.75 Å². The van der Waals surface area contributed by atoms with Crippen LogP contribution in [0.5, 0.6) is 5.75 Å². The van der Waals surface area contributed by atoms with Crippen LogP contribution in [0.2, 0.25) is 5.02 Å². The second-order valence-electron chi connectivity index (χ2n) is 5.23. The van der Waals surface area contributed by atoms with Gasteiger partial charge in [-0.1, -0.05) is 35.9 Å². The summed E-state index contributed by atoms with van der Waals surface area (Å²) in [7, 11) is 0. The van der Waals surface area contributed by atoms with Crippen LogP contribution < -0.4 is 4.74 Å². The number of carbonyl (C=O) groups excluding carboxylic acids is 1. The molecule has 3 heteroatoms. The van der Waals surface area contributed by atoms with Crippen molar-refractivity contribution in [1.82, 2.24) is 0 Å². The van der Waals surface area contributed by atoms with Crippen LogP contribution in [-0.2, 0) is 4.79 Å². The van der Waals surface area contributed by atoms with E-state index in [1.807, 2.05) is 31.2 Å². The van der Waals surface area contributed by atoms with Gasteiger partial charge in [-0.25, -0.2) is 0 Å². The number of fused-ring (bicyclic) bond motifs is 1. The molecule has 0 aromatic heterocycles. The molecule has 1 heterocycles. The molecule has 1 atom stereocenters. The summed E-state index contributed by atoms with van der Waals surface area (Å²) in [5, 5.41) is 0.709. The summed E-state index contributed by atoms with van der Waals surface area (Å²) in [5.74, 6) is 0.467. The van der Waals surface area contributed by atoms with Gasteiger partial charge < -0.3 is 4.74 Å². The van der Waals surface area contributed by atoms with Crippen molar-refractivity contribution in [2.24, 2.45) is 0 Å². The minimum Gasteiger partial charge on any atom is -0.426 e. The van der Waals surface area contributed by atoms with E-state index in [4.69, 9.17) is 16.3 Å². The van der Waals surface area contributed by atoms with E-state index in [-0.39, 0.29) is 11.9 Å². The van der Waals surface area contributed by atoms with Crippen LogP contribution in [-0.4, -0.2) is 5.97 Å². The Labute approximate surface area is 123 Å². The van der Waals surface area contributed by atoms with Gasteiger partial charge in [-0.2, -0.15) is 0 Å². The Morgan fingerprint density at radius 2 is 1.85 bits per heavy atom. The molecule has 0 saturated carbocycles. The molecule has 2 aromatic carbocycles. The Morgan fingerprint density at radius 1 is 1.10 bits per heavy atom. The maximum atomic E-state index is 11.9. The monoisotopic (exact) mass is 286 g/mol. The van der Waals surface area contributed by atoms with Crippen molar-refractivity contribution in [2.75, 3.05) is 0 Å². The van der Waals surface area contributed by atoms with Crippen LogP contribution in [0.15, 0.2) is 36.4 Å².